The normalized spacial score (nSPS) is 32.6. The Bertz CT molecular complexity index is 554. The molecule has 0 unspecified atom stereocenters. The van der Waals surface area contributed by atoms with Gasteiger partial charge in [0.15, 0.2) is 0 Å². The molecule has 0 aromatic carbocycles. The van der Waals surface area contributed by atoms with Gasteiger partial charge >= 0.3 is 5.97 Å². The summed E-state index contributed by atoms with van der Waals surface area (Å²) in [5.41, 5.74) is -1.60. The molecule has 1 saturated heterocycles. The van der Waals surface area contributed by atoms with Gasteiger partial charge in [0.05, 0.1) is 11.7 Å². The fourth-order valence-electron chi connectivity index (χ4n) is 4.44. The van der Waals surface area contributed by atoms with Gasteiger partial charge in [-0.25, -0.2) is 17.1 Å². The highest BCUT2D eigenvalue weighted by molar-refractivity contribution is 7.89. The molecular formula is C16H26FNO4S. The fraction of sp³-hybridized carbons (Fsp3) is 0.938. The number of alkyl halides is 1. The van der Waals surface area contributed by atoms with E-state index in [1.54, 1.807) is 0 Å². The van der Waals surface area contributed by atoms with Gasteiger partial charge < -0.3 is 5.11 Å². The highest BCUT2D eigenvalue weighted by atomic mass is 32.2. The lowest BCUT2D eigenvalue weighted by atomic mass is 9.75. The van der Waals surface area contributed by atoms with E-state index >= 15 is 0 Å². The quantitative estimate of drug-likeness (QED) is 0.829. The first-order valence-corrected chi connectivity index (χ1v) is 10.3. The van der Waals surface area contributed by atoms with Crippen molar-refractivity contribution in [2.24, 2.45) is 17.8 Å². The number of halogens is 1. The van der Waals surface area contributed by atoms with E-state index in [0.29, 0.717) is 12.8 Å². The van der Waals surface area contributed by atoms with Crippen LogP contribution in [0.5, 0.6) is 0 Å². The molecule has 5 nitrogen and oxygen atoms in total. The first-order chi connectivity index (χ1) is 10.8. The monoisotopic (exact) mass is 347 g/mol. The number of carboxylic acids is 1. The molecule has 0 aromatic rings. The largest absolute Gasteiger partial charge is 0.481 e. The number of rotatable bonds is 5. The van der Waals surface area contributed by atoms with Crippen molar-refractivity contribution in [1.29, 1.82) is 0 Å². The average Bonchev–Trinajstić information content (AvgIpc) is 2.92. The molecule has 1 aliphatic heterocycles. The predicted molar refractivity (Wildman–Crippen MR) is 84.2 cm³/mol. The molecule has 1 heterocycles. The summed E-state index contributed by atoms with van der Waals surface area (Å²) in [5, 5.41) is 9.49. The Hall–Kier alpha value is -0.690. The average molecular weight is 347 g/mol. The Balaban J connectivity index is 1.72. The SMILES string of the molecule is O=C(O)[C@@H]1CN(S(=O)(=O)CC2(F)CCC2)C[C@H]1C1CCCCC1. The van der Waals surface area contributed by atoms with E-state index in [4.69, 9.17) is 0 Å². The van der Waals surface area contributed by atoms with Crippen molar-refractivity contribution in [2.45, 2.75) is 57.0 Å². The van der Waals surface area contributed by atoms with Crippen LogP contribution in [0.3, 0.4) is 0 Å². The van der Waals surface area contributed by atoms with E-state index in [1.807, 2.05) is 0 Å². The Kier molecular flexibility index (Phi) is 4.71. The second-order valence-corrected chi connectivity index (χ2v) is 9.55. The fourth-order valence-corrected chi connectivity index (χ4v) is 6.35. The summed E-state index contributed by atoms with van der Waals surface area (Å²) in [6.45, 7) is 0.259. The van der Waals surface area contributed by atoms with Crippen LogP contribution >= 0.6 is 0 Å². The number of nitrogens with zero attached hydrogens (tertiary/aromatic N) is 1. The Labute approximate surface area is 137 Å². The molecule has 3 fully saturated rings. The second kappa shape index (κ2) is 6.31. The second-order valence-electron chi connectivity index (χ2n) is 7.58. The van der Waals surface area contributed by atoms with Gasteiger partial charge in [-0.1, -0.05) is 32.1 Å². The van der Waals surface area contributed by atoms with Crippen LogP contribution < -0.4 is 0 Å². The van der Waals surface area contributed by atoms with Gasteiger partial charge in [-0.05, 0) is 31.1 Å². The number of hydrogen-bond donors (Lipinski definition) is 1. The van der Waals surface area contributed by atoms with Gasteiger partial charge in [0.25, 0.3) is 0 Å². The third-order valence-electron chi connectivity index (χ3n) is 5.99. The number of sulfonamides is 1. The molecule has 0 spiro atoms. The molecule has 7 heteroatoms. The maximum Gasteiger partial charge on any atom is 0.308 e. The van der Waals surface area contributed by atoms with E-state index in [9.17, 15) is 22.7 Å². The smallest absolute Gasteiger partial charge is 0.308 e. The minimum Gasteiger partial charge on any atom is -0.481 e. The highest BCUT2D eigenvalue weighted by Gasteiger charge is 2.49. The zero-order valence-electron chi connectivity index (χ0n) is 13.4. The van der Waals surface area contributed by atoms with Crippen molar-refractivity contribution in [3.05, 3.63) is 0 Å². The molecule has 3 aliphatic rings. The maximum atomic E-state index is 14.2. The molecule has 1 N–H and O–H groups in total. The van der Waals surface area contributed by atoms with Gasteiger partial charge in [0, 0.05) is 13.1 Å². The first kappa shape index (κ1) is 17.1. The van der Waals surface area contributed by atoms with Crippen LogP contribution in [-0.4, -0.2) is 48.3 Å². The molecule has 3 rings (SSSR count). The Morgan fingerprint density at radius 3 is 2.30 bits per heavy atom. The van der Waals surface area contributed by atoms with E-state index in [0.717, 1.165) is 32.1 Å². The molecule has 0 amide bonds. The highest BCUT2D eigenvalue weighted by Crippen LogP contribution is 2.41. The summed E-state index contributed by atoms with van der Waals surface area (Å²) in [7, 11) is -3.72. The lowest BCUT2D eigenvalue weighted by Gasteiger charge is -2.34. The zero-order valence-corrected chi connectivity index (χ0v) is 14.2. The maximum absolute atomic E-state index is 14.2. The van der Waals surface area contributed by atoms with E-state index < -0.39 is 33.3 Å². The molecule has 0 radical (unpaired) electrons. The van der Waals surface area contributed by atoms with E-state index in [2.05, 4.69) is 0 Å². The van der Waals surface area contributed by atoms with Crippen LogP contribution in [0.25, 0.3) is 0 Å². The standard InChI is InChI=1S/C16H26FNO4S/c17-16(7-4-8-16)11-23(21,22)18-9-13(14(10-18)15(19)20)12-5-2-1-3-6-12/h12-14H,1-11H2,(H,19,20)/t13-,14+/m0/s1. The van der Waals surface area contributed by atoms with Gasteiger partial charge in [-0.15, -0.1) is 0 Å². The minimum atomic E-state index is -3.72. The Morgan fingerprint density at radius 1 is 1.13 bits per heavy atom. The topological polar surface area (TPSA) is 74.7 Å². The summed E-state index contributed by atoms with van der Waals surface area (Å²) >= 11 is 0. The summed E-state index contributed by atoms with van der Waals surface area (Å²) in [5.74, 6) is -1.89. The van der Waals surface area contributed by atoms with Crippen molar-refractivity contribution < 1.29 is 22.7 Å². The van der Waals surface area contributed by atoms with Crippen LogP contribution in [0.4, 0.5) is 4.39 Å². The molecule has 2 saturated carbocycles. The van der Waals surface area contributed by atoms with Crippen molar-refractivity contribution in [1.82, 2.24) is 4.31 Å². The number of hydrogen-bond acceptors (Lipinski definition) is 3. The summed E-state index contributed by atoms with van der Waals surface area (Å²) < 4.78 is 40.6. The molecule has 2 atom stereocenters. The van der Waals surface area contributed by atoms with Crippen LogP contribution in [0.2, 0.25) is 0 Å². The van der Waals surface area contributed by atoms with Crippen molar-refractivity contribution in [2.75, 3.05) is 18.8 Å². The van der Waals surface area contributed by atoms with E-state index in [1.165, 1.54) is 10.7 Å². The van der Waals surface area contributed by atoms with Gasteiger partial charge in [0.2, 0.25) is 10.0 Å². The lowest BCUT2D eigenvalue weighted by Crippen LogP contribution is -2.44. The summed E-state index contributed by atoms with van der Waals surface area (Å²) in [6, 6.07) is 0. The van der Waals surface area contributed by atoms with Gasteiger partial charge in [-0.3, -0.25) is 4.79 Å². The van der Waals surface area contributed by atoms with Gasteiger partial charge in [-0.2, -0.15) is 0 Å². The zero-order chi connectivity index (χ0) is 16.7. The molecule has 0 aromatic heterocycles. The summed E-state index contributed by atoms with van der Waals surface area (Å²) in [6.07, 6.45) is 6.65. The molecule has 132 valence electrons. The minimum absolute atomic E-state index is 0.00884. The van der Waals surface area contributed by atoms with Crippen molar-refractivity contribution in [3.8, 4) is 0 Å². The summed E-state index contributed by atoms with van der Waals surface area (Å²) in [4.78, 5) is 11.6. The number of aliphatic carboxylic acids is 1. The van der Waals surface area contributed by atoms with Gasteiger partial charge in [0.1, 0.15) is 5.67 Å². The first-order valence-electron chi connectivity index (χ1n) is 8.70. The number of carboxylic acid groups (broad SMARTS) is 1. The third-order valence-corrected chi connectivity index (χ3v) is 7.96. The van der Waals surface area contributed by atoms with Crippen LogP contribution in [0.15, 0.2) is 0 Å². The number of carbonyl (C=O) groups is 1. The van der Waals surface area contributed by atoms with Crippen molar-refractivity contribution in [3.63, 3.8) is 0 Å². The van der Waals surface area contributed by atoms with Crippen molar-refractivity contribution >= 4 is 16.0 Å². The molecule has 23 heavy (non-hydrogen) atoms. The predicted octanol–water partition coefficient (Wildman–Crippen LogP) is 2.42. The molecule has 2 aliphatic carbocycles. The third kappa shape index (κ3) is 3.55. The van der Waals surface area contributed by atoms with Crippen LogP contribution in [0, 0.1) is 17.8 Å². The van der Waals surface area contributed by atoms with E-state index in [-0.39, 0.29) is 24.9 Å². The Morgan fingerprint density at radius 2 is 1.78 bits per heavy atom. The van der Waals surface area contributed by atoms with Crippen LogP contribution in [0.1, 0.15) is 51.4 Å². The molecular weight excluding hydrogens is 321 g/mol. The lowest BCUT2D eigenvalue weighted by molar-refractivity contribution is -0.143. The molecule has 0 bridgehead atoms. The van der Waals surface area contributed by atoms with Crippen LogP contribution in [-0.2, 0) is 14.8 Å².